The van der Waals surface area contributed by atoms with Crippen molar-refractivity contribution >= 4 is 23.1 Å². The Morgan fingerprint density at radius 2 is 0.650 bits per heavy atom. The van der Waals surface area contributed by atoms with Crippen LogP contribution >= 0.6 is 0 Å². The number of nitrogens with zero attached hydrogens (tertiary/aromatic N) is 2. The van der Waals surface area contributed by atoms with Gasteiger partial charge in [0.1, 0.15) is 0 Å². The lowest BCUT2D eigenvalue weighted by molar-refractivity contribution is -0.122. The number of Topliss-reactive ketones (excluding diaryl/α,β-unsaturated/α-hetero) is 4. The van der Waals surface area contributed by atoms with Crippen LogP contribution in [-0.2, 0) is 30.3 Å². The van der Waals surface area contributed by atoms with Crippen LogP contribution in [0.5, 0.6) is 0 Å². The lowest BCUT2D eigenvalue weighted by atomic mass is 10.0. The van der Waals surface area contributed by atoms with E-state index < -0.39 is 56.4 Å². The Hall–Kier alpha value is -3.04. The van der Waals surface area contributed by atoms with Crippen molar-refractivity contribution in [1.82, 2.24) is 9.13 Å². The van der Waals surface area contributed by atoms with Gasteiger partial charge >= 0.3 is 22.2 Å². The molecule has 0 aliphatic heterocycles. The third kappa shape index (κ3) is 0.670. The Labute approximate surface area is 105 Å². The second kappa shape index (κ2) is 2.35. The minimum absolute atomic E-state index is 0.166. The quantitative estimate of drug-likeness (QED) is 0.399. The monoisotopic (exact) mass is 276 g/mol. The molecular formula is C10N2O8. The molecule has 0 aromatic carbocycles. The summed E-state index contributed by atoms with van der Waals surface area (Å²) < 4.78 is 0.332. The zero-order valence-corrected chi connectivity index (χ0v) is 9.16. The first kappa shape index (κ1) is 10.8. The second-order valence-corrected chi connectivity index (χ2v) is 4.63. The highest BCUT2D eigenvalue weighted by molar-refractivity contribution is 6.77. The van der Waals surface area contributed by atoms with Crippen molar-refractivity contribution in [2.45, 2.75) is 11.1 Å². The number of ketones is 4. The van der Waals surface area contributed by atoms with Crippen LogP contribution in [0.3, 0.4) is 0 Å². The molecule has 0 atom stereocenters. The number of carbonyl (C=O) groups is 4. The molecule has 0 N–H and O–H groups in total. The summed E-state index contributed by atoms with van der Waals surface area (Å²) in [6.07, 6.45) is 0. The maximum Gasteiger partial charge on any atom is 0.321 e. The van der Waals surface area contributed by atoms with E-state index in [0.717, 1.165) is 0 Å². The summed E-state index contributed by atoms with van der Waals surface area (Å²) in [6, 6.07) is 0. The van der Waals surface area contributed by atoms with Crippen LogP contribution in [0.4, 0.5) is 0 Å². The van der Waals surface area contributed by atoms with Gasteiger partial charge in [-0.05, 0) is 0 Å². The Kier molecular flexibility index (Phi) is 1.28. The minimum Gasteiger partial charge on any atom is -0.287 e. The zero-order chi connectivity index (χ0) is 14.8. The van der Waals surface area contributed by atoms with Crippen molar-refractivity contribution in [3.63, 3.8) is 0 Å². The standard InChI is InChI=1S/C10N2O8/c13-1-2(14)9(1,11-5(17)6(11)18)10(3(15)4(10)16)12-7(19)8(12)20. The van der Waals surface area contributed by atoms with Gasteiger partial charge < -0.3 is 0 Å². The molecule has 98 valence electrons. The molecule has 2 aliphatic rings. The molecule has 0 saturated heterocycles. The predicted molar refractivity (Wildman–Crippen MR) is 54.7 cm³/mol. The van der Waals surface area contributed by atoms with Crippen molar-refractivity contribution in [3.8, 4) is 0 Å². The highest BCUT2D eigenvalue weighted by Crippen LogP contribution is 2.56. The van der Waals surface area contributed by atoms with Crippen molar-refractivity contribution < 1.29 is 19.2 Å². The molecular weight excluding hydrogens is 276 g/mol. The average molecular weight is 276 g/mol. The van der Waals surface area contributed by atoms with Crippen LogP contribution in [0, 0.1) is 0 Å². The number of hydrogen-bond donors (Lipinski definition) is 0. The van der Waals surface area contributed by atoms with Gasteiger partial charge in [0.15, 0.2) is 0 Å². The summed E-state index contributed by atoms with van der Waals surface area (Å²) in [6.45, 7) is 0. The normalized spacial score (nSPS) is 23.0. The van der Waals surface area contributed by atoms with Gasteiger partial charge in [0, 0.05) is 0 Å². The molecule has 2 aliphatic carbocycles. The molecule has 4 rings (SSSR count). The summed E-state index contributed by atoms with van der Waals surface area (Å²) in [7, 11) is 0. The molecule has 10 nitrogen and oxygen atoms in total. The van der Waals surface area contributed by atoms with E-state index in [1.807, 2.05) is 0 Å². The third-order valence-corrected chi connectivity index (χ3v) is 3.87. The van der Waals surface area contributed by atoms with Gasteiger partial charge in [-0.2, -0.15) is 0 Å². The summed E-state index contributed by atoms with van der Waals surface area (Å²) in [4.78, 5) is 90.9. The highest BCUT2D eigenvalue weighted by Gasteiger charge is 2.95. The highest BCUT2D eigenvalue weighted by atomic mass is 16.2. The molecule has 2 aromatic heterocycles. The van der Waals surface area contributed by atoms with Gasteiger partial charge in [-0.25, -0.2) is 9.13 Å². The smallest absolute Gasteiger partial charge is 0.287 e. The SMILES string of the molecule is O=C1C(=O)C1(n1c(=O)c1=O)C1(n2c(=O)c2=O)C(=O)C1=O. The van der Waals surface area contributed by atoms with Crippen LogP contribution in [0.2, 0.25) is 0 Å². The summed E-state index contributed by atoms with van der Waals surface area (Å²) in [5, 5.41) is 0. The lowest BCUT2D eigenvalue weighted by Gasteiger charge is -2.12. The number of hydrogen-bond acceptors (Lipinski definition) is 8. The average Bonchev–Trinajstić information content (AvgIpc) is 3.36. The van der Waals surface area contributed by atoms with E-state index in [-0.39, 0.29) is 9.13 Å². The van der Waals surface area contributed by atoms with Gasteiger partial charge in [-0.15, -0.1) is 0 Å². The number of rotatable bonds is 3. The molecule has 0 amide bonds. The van der Waals surface area contributed by atoms with E-state index in [4.69, 9.17) is 0 Å². The third-order valence-electron chi connectivity index (χ3n) is 3.87. The van der Waals surface area contributed by atoms with Gasteiger partial charge in [0.25, 0.3) is 0 Å². The van der Waals surface area contributed by atoms with Crippen LogP contribution in [-0.4, -0.2) is 32.3 Å². The van der Waals surface area contributed by atoms with E-state index in [1.54, 1.807) is 0 Å². The molecule has 2 heterocycles. The summed E-state index contributed by atoms with van der Waals surface area (Å²) in [5.41, 5.74) is -10.2. The molecule has 2 fully saturated rings. The predicted octanol–water partition coefficient (Wildman–Crippen LogP) is -5.12. The van der Waals surface area contributed by atoms with Crippen molar-refractivity contribution in [3.05, 3.63) is 41.4 Å². The van der Waals surface area contributed by atoms with Gasteiger partial charge in [-0.1, -0.05) is 0 Å². The van der Waals surface area contributed by atoms with E-state index >= 15 is 0 Å². The van der Waals surface area contributed by atoms with E-state index in [0.29, 0.717) is 0 Å². The second-order valence-electron chi connectivity index (χ2n) is 4.63. The van der Waals surface area contributed by atoms with Crippen molar-refractivity contribution in [2.24, 2.45) is 0 Å². The lowest BCUT2D eigenvalue weighted by Crippen LogP contribution is -2.43. The summed E-state index contributed by atoms with van der Waals surface area (Å²) in [5.74, 6) is -5.27. The Bertz CT molecular complexity index is 896. The summed E-state index contributed by atoms with van der Waals surface area (Å²) >= 11 is 0. The van der Waals surface area contributed by atoms with E-state index in [2.05, 4.69) is 0 Å². The zero-order valence-electron chi connectivity index (χ0n) is 9.16. The van der Waals surface area contributed by atoms with Crippen LogP contribution in [0.25, 0.3) is 0 Å². The molecule has 2 aromatic rings. The molecule has 0 unspecified atom stereocenters. The molecule has 0 bridgehead atoms. The minimum atomic E-state index is -2.64. The maximum atomic E-state index is 11.6. The van der Waals surface area contributed by atoms with Crippen LogP contribution in [0.15, 0.2) is 19.2 Å². The Morgan fingerprint density at radius 3 is 0.750 bits per heavy atom. The van der Waals surface area contributed by atoms with Gasteiger partial charge in [-0.3, -0.25) is 38.4 Å². The molecule has 20 heavy (non-hydrogen) atoms. The fourth-order valence-electron chi connectivity index (χ4n) is 2.72. The maximum absolute atomic E-state index is 11.6. The molecule has 10 heteroatoms. The fourth-order valence-corrected chi connectivity index (χ4v) is 2.72. The van der Waals surface area contributed by atoms with Crippen LogP contribution < -0.4 is 22.2 Å². The van der Waals surface area contributed by atoms with Crippen LogP contribution in [0.1, 0.15) is 0 Å². The first-order valence-corrected chi connectivity index (χ1v) is 5.22. The van der Waals surface area contributed by atoms with Crippen molar-refractivity contribution in [2.75, 3.05) is 0 Å². The molecule has 2 saturated carbocycles. The first-order valence-electron chi connectivity index (χ1n) is 5.22. The Balaban J connectivity index is 2.09. The largest absolute Gasteiger partial charge is 0.321 e. The number of carbonyl (C=O) groups excluding carboxylic acids is 4. The van der Waals surface area contributed by atoms with E-state index in [9.17, 15) is 38.4 Å². The topological polar surface area (TPSA) is 146 Å². The van der Waals surface area contributed by atoms with Crippen molar-refractivity contribution in [1.29, 1.82) is 0 Å². The van der Waals surface area contributed by atoms with E-state index in [1.165, 1.54) is 0 Å². The Morgan fingerprint density at radius 1 is 0.450 bits per heavy atom. The van der Waals surface area contributed by atoms with Gasteiger partial charge in [0.2, 0.25) is 34.2 Å². The fraction of sp³-hybridized carbons (Fsp3) is 0.200. The number of aromatic nitrogens is 2. The molecule has 0 radical (unpaired) electrons. The first-order chi connectivity index (χ1) is 9.27. The molecule has 0 spiro atoms. The van der Waals surface area contributed by atoms with Gasteiger partial charge in [0.05, 0.1) is 0 Å².